The van der Waals surface area contributed by atoms with Crippen LogP contribution in [0.2, 0.25) is 0 Å². The number of nitrogens with zero attached hydrogens (tertiary/aromatic N) is 2. The highest BCUT2D eigenvalue weighted by molar-refractivity contribution is 5.90. The van der Waals surface area contributed by atoms with Crippen LogP contribution in [0.15, 0.2) is 23.9 Å². The van der Waals surface area contributed by atoms with Crippen LogP contribution in [-0.4, -0.2) is 15.8 Å². The first-order valence-electron chi connectivity index (χ1n) is 10.2. The van der Waals surface area contributed by atoms with E-state index in [2.05, 4.69) is 25.8 Å². The Morgan fingerprint density at radius 3 is 2.32 bits per heavy atom. The standard InChI is InChI=1S/C22H36N2O/c1-5-9-12-18(13-10-6-2)19(16-21(25)8-4)17-22-23-15-14-20(24-22)11-7-3/h14-16,18H,5-13,17H2,1-4H3/b19-16-. The molecule has 0 unspecified atom stereocenters. The minimum Gasteiger partial charge on any atom is -0.295 e. The molecular weight excluding hydrogens is 308 g/mol. The predicted molar refractivity (Wildman–Crippen MR) is 106 cm³/mol. The monoisotopic (exact) mass is 344 g/mol. The Balaban J connectivity index is 3.02. The summed E-state index contributed by atoms with van der Waals surface area (Å²) in [4.78, 5) is 21.3. The van der Waals surface area contributed by atoms with Gasteiger partial charge in [0, 0.05) is 24.7 Å². The molecule has 3 heteroatoms. The van der Waals surface area contributed by atoms with E-state index in [1.807, 2.05) is 25.3 Å². The number of allylic oxidation sites excluding steroid dienone is 2. The second-order valence-electron chi connectivity index (χ2n) is 6.91. The van der Waals surface area contributed by atoms with Gasteiger partial charge in [-0.2, -0.15) is 0 Å². The van der Waals surface area contributed by atoms with Crippen molar-refractivity contribution < 1.29 is 4.79 Å². The summed E-state index contributed by atoms with van der Waals surface area (Å²) in [5.41, 5.74) is 2.34. The summed E-state index contributed by atoms with van der Waals surface area (Å²) in [5, 5.41) is 0. The van der Waals surface area contributed by atoms with E-state index in [0.717, 1.165) is 37.2 Å². The summed E-state index contributed by atoms with van der Waals surface area (Å²) in [6, 6.07) is 2.00. The van der Waals surface area contributed by atoms with E-state index in [9.17, 15) is 4.79 Å². The van der Waals surface area contributed by atoms with Crippen LogP contribution in [0, 0.1) is 5.92 Å². The molecule has 0 saturated carbocycles. The third kappa shape index (κ3) is 8.42. The van der Waals surface area contributed by atoms with Crippen LogP contribution in [0.5, 0.6) is 0 Å². The van der Waals surface area contributed by atoms with Gasteiger partial charge in [-0.3, -0.25) is 4.79 Å². The number of hydrogen-bond acceptors (Lipinski definition) is 3. The fourth-order valence-electron chi connectivity index (χ4n) is 3.14. The average molecular weight is 345 g/mol. The Hall–Kier alpha value is -1.51. The van der Waals surface area contributed by atoms with Crippen LogP contribution in [0.1, 0.15) is 90.6 Å². The van der Waals surface area contributed by atoms with E-state index in [1.54, 1.807) is 0 Å². The molecule has 0 radical (unpaired) electrons. The maximum Gasteiger partial charge on any atom is 0.155 e. The van der Waals surface area contributed by atoms with Crippen molar-refractivity contribution in [2.45, 2.75) is 91.9 Å². The molecule has 0 aliphatic rings. The molecule has 1 aromatic rings. The van der Waals surface area contributed by atoms with Crippen LogP contribution in [0.3, 0.4) is 0 Å². The van der Waals surface area contributed by atoms with E-state index in [0.29, 0.717) is 18.8 Å². The number of aryl methyl sites for hydroxylation is 1. The summed E-state index contributed by atoms with van der Waals surface area (Å²) in [7, 11) is 0. The molecule has 0 atom stereocenters. The molecule has 0 spiro atoms. The van der Waals surface area contributed by atoms with E-state index in [1.165, 1.54) is 31.3 Å². The Morgan fingerprint density at radius 2 is 1.76 bits per heavy atom. The number of rotatable bonds is 13. The second kappa shape index (κ2) is 12.8. The lowest BCUT2D eigenvalue weighted by Gasteiger charge is -2.20. The third-order valence-electron chi connectivity index (χ3n) is 4.66. The molecule has 3 nitrogen and oxygen atoms in total. The zero-order chi connectivity index (χ0) is 18.5. The summed E-state index contributed by atoms with van der Waals surface area (Å²) in [5.74, 6) is 1.56. The summed E-state index contributed by atoms with van der Waals surface area (Å²) >= 11 is 0. The third-order valence-corrected chi connectivity index (χ3v) is 4.66. The summed E-state index contributed by atoms with van der Waals surface area (Å²) in [6.07, 6.45) is 14.2. The second-order valence-corrected chi connectivity index (χ2v) is 6.91. The molecule has 25 heavy (non-hydrogen) atoms. The lowest BCUT2D eigenvalue weighted by Crippen LogP contribution is -2.12. The molecule has 1 aromatic heterocycles. The molecule has 0 fully saturated rings. The minimum absolute atomic E-state index is 0.220. The van der Waals surface area contributed by atoms with E-state index < -0.39 is 0 Å². The van der Waals surface area contributed by atoms with Crippen LogP contribution in [0.4, 0.5) is 0 Å². The first-order valence-corrected chi connectivity index (χ1v) is 10.2. The van der Waals surface area contributed by atoms with Gasteiger partial charge in [-0.25, -0.2) is 9.97 Å². The summed E-state index contributed by atoms with van der Waals surface area (Å²) in [6.45, 7) is 8.56. The van der Waals surface area contributed by atoms with Crippen molar-refractivity contribution in [1.82, 2.24) is 9.97 Å². The van der Waals surface area contributed by atoms with Gasteiger partial charge < -0.3 is 0 Å². The number of ketones is 1. The van der Waals surface area contributed by atoms with Crippen LogP contribution in [-0.2, 0) is 17.6 Å². The highest BCUT2D eigenvalue weighted by atomic mass is 16.1. The maximum absolute atomic E-state index is 12.1. The van der Waals surface area contributed by atoms with Crippen LogP contribution < -0.4 is 0 Å². The lowest BCUT2D eigenvalue weighted by molar-refractivity contribution is -0.114. The van der Waals surface area contributed by atoms with Crippen LogP contribution in [0.25, 0.3) is 0 Å². The van der Waals surface area contributed by atoms with Crippen molar-refractivity contribution >= 4 is 5.78 Å². The molecule has 1 heterocycles. The molecule has 0 aromatic carbocycles. The minimum atomic E-state index is 0.220. The van der Waals surface area contributed by atoms with Gasteiger partial charge in [0.2, 0.25) is 0 Å². The highest BCUT2D eigenvalue weighted by Gasteiger charge is 2.17. The first kappa shape index (κ1) is 21.5. The summed E-state index contributed by atoms with van der Waals surface area (Å²) < 4.78 is 0. The Labute approximate surface area is 154 Å². The van der Waals surface area contributed by atoms with Crippen molar-refractivity contribution in [2.24, 2.45) is 5.92 Å². The SMILES string of the molecule is CCCCC(CCCC)/C(=C\C(=O)CC)Cc1nccc(CCC)n1. The molecule has 140 valence electrons. The molecule has 1 rings (SSSR count). The van der Waals surface area contributed by atoms with Crippen molar-refractivity contribution in [3.63, 3.8) is 0 Å². The quantitative estimate of drug-likeness (QED) is 0.420. The van der Waals surface area contributed by atoms with Crippen molar-refractivity contribution in [1.29, 1.82) is 0 Å². The van der Waals surface area contributed by atoms with Gasteiger partial charge in [-0.1, -0.05) is 65.4 Å². The van der Waals surface area contributed by atoms with E-state index in [4.69, 9.17) is 4.98 Å². The Bertz CT molecular complexity index is 529. The van der Waals surface area contributed by atoms with Gasteiger partial charge in [-0.05, 0) is 37.3 Å². The lowest BCUT2D eigenvalue weighted by atomic mass is 9.86. The number of unbranched alkanes of at least 4 members (excludes halogenated alkanes) is 2. The fraction of sp³-hybridized carbons (Fsp3) is 0.682. The van der Waals surface area contributed by atoms with Gasteiger partial charge >= 0.3 is 0 Å². The number of carbonyl (C=O) groups excluding carboxylic acids is 1. The Kier molecular flexibility index (Phi) is 11.0. The molecule has 0 aliphatic heterocycles. The van der Waals surface area contributed by atoms with Gasteiger partial charge in [-0.15, -0.1) is 0 Å². The smallest absolute Gasteiger partial charge is 0.155 e. The molecule has 0 N–H and O–H groups in total. The normalized spacial score (nSPS) is 12.0. The number of carbonyl (C=O) groups is 1. The van der Waals surface area contributed by atoms with E-state index >= 15 is 0 Å². The van der Waals surface area contributed by atoms with Crippen molar-refractivity contribution in [3.05, 3.63) is 35.4 Å². The van der Waals surface area contributed by atoms with E-state index in [-0.39, 0.29) is 5.78 Å². The molecule has 0 bridgehead atoms. The van der Waals surface area contributed by atoms with Gasteiger partial charge in [0.15, 0.2) is 5.78 Å². The topological polar surface area (TPSA) is 42.9 Å². The van der Waals surface area contributed by atoms with Gasteiger partial charge in [0.05, 0.1) is 0 Å². The number of aromatic nitrogens is 2. The van der Waals surface area contributed by atoms with Crippen molar-refractivity contribution in [2.75, 3.05) is 0 Å². The van der Waals surface area contributed by atoms with Gasteiger partial charge in [0.1, 0.15) is 5.82 Å². The molecule has 0 saturated heterocycles. The highest BCUT2D eigenvalue weighted by Crippen LogP contribution is 2.27. The Morgan fingerprint density at radius 1 is 1.08 bits per heavy atom. The molecular formula is C22H36N2O. The first-order chi connectivity index (χ1) is 12.1. The molecule has 0 amide bonds. The molecule has 0 aliphatic carbocycles. The largest absolute Gasteiger partial charge is 0.295 e. The van der Waals surface area contributed by atoms with Crippen molar-refractivity contribution in [3.8, 4) is 0 Å². The fourth-order valence-corrected chi connectivity index (χ4v) is 3.14. The zero-order valence-electron chi connectivity index (χ0n) is 16.7. The maximum atomic E-state index is 12.1. The van der Waals surface area contributed by atoms with Gasteiger partial charge in [0.25, 0.3) is 0 Å². The number of hydrogen-bond donors (Lipinski definition) is 0. The van der Waals surface area contributed by atoms with Crippen LogP contribution >= 0.6 is 0 Å². The average Bonchev–Trinajstić information content (AvgIpc) is 2.62. The predicted octanol–water partition coefficient (Wildman–Crippen LogP) is 5.87. The zero-order valence-corrected chi connectivity index (χ0v) is 16.7.